The molecule has 0 radical (unpaired) electrons. The van der Waals surface area contributed by atoms with E-state index in [1.54, 1.807) is 0 Å². The molecule has 0 aromatic rings. The molecular formula is C49H86NO8+. The van der Waals surface area contributed by atoms with Crippen LogP contribution >= 0.6 is 0 Å². The van der Waals surface area contributed by atoms with Crippen LogP contribution in [0.15, 0.2) is 60.8 Å². The molecule has 2 atom stereocenters. The van der Waals surface area contributed by atoms with E-state index < -0.39 is 24.3 Å². The number of allylic oxidation sites excluding steroid dienone is 10. The van der Waals surface area contributed by atoms with Gasteiger partial charge in [-0.2, -0.15) is 0 Å². The number of quaternary nitrogens is 1. The maximum absolute atomic E-state index is 12.8. The number of carbonyl (C=O) groups excluding carboxylic acids is 2. The first-order valence-electron chi connectivity index (χ1n) is 23.0. The summed E-state index contributed by atoms with van der Waals surface area (Å²) in [6, 6.07) is 0. The molecule has 0 heterocycles. The molecule has 0 amide bonds. The number of likely N-dealkylation sites (N-methyl/N-ethyl adjacent to an activating group) is 1. The van der Waals surface area contributed by atoms with Gasteiger partial charge in [-0.25, -0.2) is 4.79 Å². The molecule has 0 fully saturated rings. The lowest BCUT2D eigenvalue weighted by Crippen LogP contribution is -2.40. The second-order valence-electron chi connectivity index (χ2n) is 16.3. The number of carboxylic acids is 1. The Morgan fingerprint density at radius 1 is 0.534 bits per heavy atom. The second-order valence-corrected chi connectivity index (χ2v) is 16.3. The van der Waals surface area contributed by atoms with Crippen molar-refractivity contribution in [3.8, 4) is 0 Å². The Morgan fingerprint density at radius 3 is 1.47 bits per heavy atom. The van der Waals surface area contributed by atoms with Crippen LogP contribution in [0.25, 0.3) is 0 Å². The molecule has 0 aliphatic rings. The Morgan fingerprint density at radius 2 is 0.983 bits per heavy atom. The highest BCUT2D eigenvalue weighted by molar-refractivity contribution is 5.71. The number of unbranched alkanes of at least 4 members (excludes halogenated alkanes) is 16. The van der Waals surface area contributed by atoms with Crippen LogP contribution in [0.4, 0.5) is 0 Å². The van der Waals surface area contributed by atoms with Gasteiger partial charge in [-0.15, -0.1) is 0 Å². The molecule has 0 saturated heterocycles. The largest absolute Gasteiger partial charge is 0.477 e. The molecule has 0 spiro atoms. The molecule has 0 rings (SSSR count). The maximum atomic E-state index is 12.8. The monoisotopic (exact) mass is 817 g/mol. The highest BCUT2D eigenvalue weighted by Crippen LogP contribution is 2.14. The quantitative estimate of drug-likeness (QED) is 0.0214. The molecule has 0 aliphatic carbocycles. The van der Waals surface area contributed by atoms with Crippen molar-refractivity contribution in [2.75, 3.05) is 47.5 Å². The van der Waals surface area contributed by atoms with Gasteiger partial charge in [-0.05, 0) is 57.8 Å². The van der Waals surface area contributed by atoms with Crippen LogP contribution < -0.4 is 0 Å². The molecule has 9 heteroatoms. The fourth-order valence-corrected chi connectivity index (χ4v) is 5.98. The standard InChI is InChI=1S/C49H85NO8/c1-6-8-10-12-14-16-18-20-22-23-24-25-26-28-30-32-34-36-38-40-47(52)58-45(44-57-49(48(53)54)55-42-41-50(3,4)5)43-56-46(51)39-37-35-33-31-29-27-21-19-17-15-13-11-9-7-2/h8,10,14,16,20,22,24-25,28,30,45,49H,6-7,9,11-13,15,17-19,21,23,26-27,29,31-44H2,1-5H3/p+1/b10-8-,16-14-,22-20-,25-24-,30-28-. The molecule has 334 valence electrons. The van der Waals surface area contributed by atoms with Gasteiger partial charge in [0.05, 0.1) is 34.4 Å². The Kier molecular flexibility index (Phi) is 38.6. The predicted molar refractivity (Wildman–Crippen MR) is 240 cm³/mol. The minimum Gasteiger partial charge on any atom is -0.477 e. The van der Waals surface area contributed by atoms with Crippen LogP contribution in [-0.2, 0) is 33.3 Å². The van der Waals surface area contributed by atoms with Gasteiger partial charge in [0, 0.05) is 12.8 Å². The van der Waals surface area contributed by atoms with Gasteiger partial charge < -0.3 is 28.5 Å². The summed E-state index contributed by atoms with van der Waals surface area (Å²) in [6.07, 6.45) is 45.6. The Bertz CT molecular complexity index is 1140. The number of rotatable bonds is 41. The molecule has 1 N–H and O–H groups in total. The van der Waals surface area contributed by atoms with Crippen molar-refractivity contribution >= 4 is 17.9 Å². The van der Waals surface area contributed by atoms with Gasteiger partial charge in [-0.3, -0.25) is 9.59 Å². The van der Waals surface area contributed by atoms with Crippen LogP contribution in [0, 0.1) is 0 Å². The first-order valence-corrected chi connectivity index (χ1v) is 23.0. The third-order valence-corrected chi connectivity index (χ3v) is 9.54. The summed E-state index contributed by atoms with van der Waals surface area (Å²) in [5, 5.41) is 9.64. The molecule has 58 heavy (non-hydrogen) atoms. The topological polar surface area (TPSA) is 108 Å². The fraction of sp³-hybridized carbons (Fsp3) is 0.735. The summed E-state index contributed by atoms with van der Waals surface area (Å²) in [5.41, 5.74) is 0. The van der Waals surface area contributed by atoms with Gasteiger partial charge in [0.1, 0.15) is 13.2 Å². The van der Waals surface area contributed by atoms with E-state index >= 15 is 0 Å². The summed E-state index contributed by atoms with van der Waals surface area (Å²) in [5.74, 6) is -2.05. The van der Waals surface area contributed by atoms with Crippen molar-refractivity contribution in [1.29, 1.82) is 0 Å². The molecule has 0 aromatic heterocycles. The van der Waals surface area contributed by atoms with Crippen LogP contribution in [0.5, 0.6) is 0 Å². The minimum absolute atomic E-state index is 0.179. The number of aliphatic carboxylic acids is 1. The normalized spacial score (nSPS) is 13.5. The zero-order valence-corrected chi connectivity index (χ0v) is 37.7. The van der Waals surface area contributed by atoms with Crippen LogP contribution in [0.2, 0.25) is 0 Å². The van der Waals surface area contributed by atoms with E-state index in [-0.39, 0.29) is 32.2 Å². The van der Waals surface area contributed by atoms with Crippen LogP contribution in [0.1, 0.15) is 174 Å². The van der Waals surface area contributed by atoms with E-state index in [1.165, 1.54) is 70.6 Å². The molecule has 0 bridgehead atoms. The first-order chi connectivity index (χ1) is 28.1. The molecule has 9 nitrogen and oxygen atoms in total. The fourth-order valence-electron chi connectivity index (χ4n) is 5.98. The number of carbonyl (C=O) groups is 3. The van der Waals surface area contributed by atoms with Gasteiger partial charge in [0.2, 0.25) is 0 Å². The SMILES string of the molecule is CC/C=C\C/C=C\C/C=C\C/C=C\C/C=C\CCCCCC(=O)OC(COC(=O)CCCCCCCCCCCCCCCC)COC(OCC[N+](C)(C)C)C(=O)O. The number of esters is 2. The smallest absolute Gasteiger partial charge is 0.361 e. The third kappa shape index (κ3) is 41.2. The lowest BCUT2D eigenvalue weighted by Gasteiger charge is -2.25. The van der Waals surface area contributed by atoms with E-state index in [9.17, 15) is 19.5 Å². The van der Waals surface area contributed by atoms with Crippen molar-refractivity contribution in [3.63, 3.8) is 0 Å². The summed E-state index contributed by atoms with van der Waals surface area (Å²) in [6.45, 7) is 4.71. The Hall–Kier alpha value is -3.01. The number of nitrogens with zero attached hydrogens (tertiary/aromatic N) is 1. The van der Waals surface area contributed by atoms with E-state index in [4.69, 9.17) is 18.9 Å². The lowest BCUT2D eigenvalue weighted by atomic mass is 10.0. The highest BCUT2D eigenvalue weighted by atomic mass is 16.7. The van der Waals surface area contributed by atoms with E-state index in [0.717, 1.165) is 70.6 Å². The van der Waals surface area contributed by atoms with Gasteiger partial charge >= 0.3 is 17.9 Å². The van der Waals surface area contributed by atoms with Crippen LogP contribution in [0.3, 0.4) is 0 Å². The predicted octanol–water partition coefficient (Wildman–Crippen LogP) is 12.2. The van der Waals surface area contributed by atoms with Crippen molar-refractivity contribution in [1.82, 2.24) is 0 Å². The summed E-state index contributed by atoms with van der Waals surface area (Å²) >= 11 is 0. The zero-order valence-electron chi connectivity index (χ0n) is 37.7. The van der Waals surface area contributed by atoms with Gasteiger partial charge in [0.25, 0.3) is 6.29 Å². The summed E-state index contributed by atoms with van der Waals surface area (Å²) < 4.78 is 22.7. The highest BCUT2D eigenvalue weighted by Gasteiger charge is 2.25. The summed E-state index contributed by atoms with van der Waals surface area (Å²) in [7, 11) is 5.94. The van der Waals surface area contributed by atoms with E-state index in [2.05, 4.69) is 74.6 Å². The first kappa shape index (κ1) is 55.0. The average molecular weight is 817 g/mol. The van der Waals surface area contributed by atoms with Crippen LogP contribution in [-0.4, -0.2) is 87.4 Å². The Balaban J connectivity index is 4.50. The molecule has 0 saturated carbocycles. The number of hydrogen-bond donors (Lipinski definition) is 1. The van der Waals surface area contributed by atoms with Crippen molar-refractivity contribution in [2.24, 2.45) is 0 Å². The molecule has 0 aliphatic heterocycles. The van der Waals surface area contributed by atoms with Gasteiger partial charge in [-0.1, -0.05) is 164 Å². The number of carboxylic acid groups (broad SMARTS) is 1. The second kappa shape index (κ2) is 40.8. The molecule has 2 unspecified atom stereocenters. The Labute approximate surface area is 355 Å². The van der Waals surface area contributed by atoms with Gasteiger partial charge in [0.15, 0.2) is 6.10 Å². The minimum atomic E-state index is -1.52. The third-order valence-electron chi connectivity index (χ3n) is 9.54. The molecular weight excluding hydrogens is 731 g/mol. The maximum Gasteiger partial charge on any atom is 0.361 e. The number of ether oxygens (including phenoxy) is 4. The van der Waals surface area contributed by atoms with Crippen molar-refractivity contribution in [2.45, 2.75) is 187 Å². The lowest BCUT2D eigenvalue weighted by molar-refractivity contribution is -0.870. The summed E-state index contributed by atoms with van der Waals surface area (Å²) in [4.78, 5) is 37.1. The average Bonchev–Trinajstić information content (AvgIpc) is 3.18. The zero-order chi connectivity index (χ0) is 42.8. The van der Waals surface area contributed by atoms with Crippen molar-refractivity contribution in [3.05, 3.63) is 60.8 Å². The van der Waals surface area contributed by atoms with E-state index in [1.807, 2.05) is 21.1 Å². The van der Waals surface area contributed by atoms with E-state index in [0.29, 0.717) is 23.9 Å². The number of hydrogen-bond acceptors (Lipinski definition) is 7. The van der Waals surface area contributed by atoms with Crippen molar-refractivity contribution < 1.29 is 42.9 Å². The molecule has 0 aromatic carbocycles.